The third-order valence-corrected chi connectivity index (χ3v) is 3.87. The minimum absolute atomic E-state index is 0.167. The van der Waals surface area contributed by atoms with E-state index in [0.29, 0.717) is 18.3 Å². The number of nitrogens with two attached hydrogens (primary N) is 1. The van der Waals surface area contributed by atoms with Gasteiger partial charge in [0.1, 0.15) is 11.6 Å². The maximum Gasteiger partial charge on any atom is 0.126 e. The predicted octanol–water partition coefficient (Wildman–Crippen LogP) is 3.56. The molecule has 3 rings (SSSR count). The van der Waals surface area contributed by atoms with Crippen LogP contribution in [0.1, 0.15) is 35.6 Å². The molecule has 0 saturated heterocycles. The highest BCUT2D eigenvalue weighted by atomic mass is 19.1. The van der Waals surface area contributed by atoms with E-state index in [1.807, 2.05) is 13.0 Å². The van der Waals surface area contributed by atoms with Gasteiger partial charge in [0.05, 0.1) is 6.61 Å². The monoisotopic (exact) mass is 271 g/mol. The minimum Gasteiger partial charge on any atom is -0.492 e. The molecule has 0 spiro atoms. The zero-order valence-electron chi connectivity index (χ0n) is 11.5. The molecule has 3 heteroatoms. The molecule has 20 heavy (non-hydrogen) atoms. The molecule has 0 aliphatic heterocycles. The summed E-state index contributed by atoms with van der Waals surface area (Å²) in [6.07, 6.45) is 1.03. The minimum atomic E-state index is -0.293. The van der Waals surface area contributed by atoms with Gasteiger partial charge >= 0.3 is 0 Å². The molecular weight excluding hydrogens is 253 g/mol. The van der Waals surface area contributed by atoms with Crippen LogP contribution in [0, 0.1) is 5.82 Å². The lowest BCUT2D eigenvalue weighted by atomic mass is 9.78. The van der Waals surface area contributed by atoms with Gasteiger partial charge in [-0.15, -0.1) is 0 Å². The summed E-state index contributed by atoms with van der Waals surface area (Å²) >= 11 is 0. The van der Waals surface area contributed by atoms with Gasteiger partial charge in [0.25, 0.3) is 0 Å². The summed E-state index contributed by atoms with van der Waals surface area (Å²) in [4.78, 5) is 0. The molecule has 1 aliphatic carbocycles. The van der Waals surface area contributed by atoms with Crippen LogP contribution < -0.4 is 10.5 Å². The Bertz CT molecular complexity index is 624. The first-order valence-corrected chi connectivity index (χ1v) is 6.91. The van der Waals surface area contributed by atoms with Crippen molar-refractivity contribution in [2.24, 2.45) is 5.73 Å². The van der Waals surface area contributed by atoms with E-state index in [0.717, 1.165) is 12.0 Å². The van der Waals surface area contributed by atoms with Crippen molar-refractivity contribution in [3.05, 3.63) is 65.0 Å². The summed E-state index contributed by atoms with van der Waals surface area (Å²) in [7, 11) is 0. The summed E-state index contributed by atoms with van der Waals surface area (Å²) in [6.45, 7) is 2.44. The molecule has 0 amide bonds. The summed E-state index contributed by atoms with van der Waals surface area (Å²) in [5, 5.41) is 0. The predicted molar refractivity (Wildman–Crippen MR) is 77.4 cm³/mol. The van der Waals surface area contributed by atoms with Gasteiger partial charge in [0, 0.05) is 23.6 Å². The largest absolute Gasteiger partial charge is 0.492 e. The van der Waals surface area contributed by atoms with E-state index in [-0.39, 0.29) is 11.9 Å². The summed E-state index contributed by atoms with van der Waals surface area (Å²) in [5.74, 6) is 0.665. The first-order valence-electron chi connectivity index (χ1n) is 6.91. The third-order valence-electron chi connectivity index (χ3n) is 3.87. The Morgan fingerprint density at radius 1 is 1.30 bits per heavy atom. The fraction of sp³-hybridized carbons (Fsp3) is 0.294. The Morgan fingerprint density at radius 3 is 2.85 bits per heavy atom. The van der Waals surface area contributed by atoms with E-state index >= 15 is 0 Å². The van der Waals surface area contributed by atoms with Crippen molar-refractivity contribution in [1.82, 2.24) is 0 Å². The summed E-state index contributed by atoms with van der Waals surface area (Å²) in [6, 6.07) is 12.7. The van der Waals surface area contributed by atoms with Crippen LogP contribution in [0.25, 0.3) is 0 Å². The van der Waals surface area contributed by atoms with E-state index < -0.39 is 0 Å². The van der Waals surface area contributed by atoms with E-state index in [1.54, 1.807) is 6.07 Å². The highest BCUT2D eigenvalue weighted by molar-refractivity contribution is 5.41. The average Bonchev–Trinajstić information content (AvgIpc) is 2.39. The third kappa shape index (κ3) is 2.41. The number of fused-ring (bicyclic) bond motifs is 1. The van der Waals surface area contributed by atoms with E-state index in [4.69, 9.17) is 10.5 Å². The molecule has 2 atom stereocenters. The second-order valence-corrected chi connectivity index (χ2v) is 5.38. The lowest BCUT2D eigenvalue weighted by molar-refractivity contribution is 0.270. The molecule has 0 heterocycles. The molecule has 0 saturated carbocycles. The molecule has 104 valence electrons. The van der Waals surface area contributed by atoms with Gasteiger partial charge in [0.2, 0.25) is 0 Å². The van der Waals surface area contributed by atoms with Gasteiger partial charge in [-0.05, 0) is 30.5 Å². The van der Waals surface area contributed by atoms with Crippen LogP contribution in [0.5, 0.6) is 5.75 Å². The summed E-state index contributed by atoms with van der Waals surface area (Å²) < 4.78 is 19.2. The zero-order chi connectivity index (χ0) is 14.1. The van der Waals surface area contributed by atoms with Crippen molar-refractivity contribution in [3.63, 3.8) is 0 Å². The molecule has 2 nitrogen and oxygen atoms in total. The van der Waals surface area contributed by atoms with Crippen molar-refractivity contribution in [3.8, 4) is 5.75 Å². The molecule has 2 N–H and O–H groups in total. The number of halogens is 1. The fourth-order valence-corrected chi connectivity index (χ4v) is 2.71. The van der Waals surface area contributed by atoms with Gasteiger partial charge in [-0.1, -0.05) is 30.3 Å². The molecule has 2 aromatic rings. The van der Waals surface area contributed by atoms with Crippen molar-refractivity contribution < 1.29 is 9.13 Å². The van der Waals surface area contributed by atoms with Crippen molar-refractivity contribution in [2.45, 2.75) is 25.3 Å². The van der Waals surface area contributed by atoms with Crippen LogP contribution in [0.2, 0.25) is 0 Å². The first kappa shape index (κ1) is 13.1. The molecule has 0 radical (unpaired) electrons. The molecule has 2 aromatic carbocycles. The van der Waals surface area contributed by atoms with E-state index in [2.05, 4.69) is 18.2 Å². The van der Waals surface area contributed by atoms with Crippen LogP contribution in [0.3, 0.4) is 0 Å². The zero-order valence-corrected chi connectivity index (χ0v) is 11.5. The molecular formula is C17H18FNO. The van der Waals surface area contributed by atoms with Gasteiger partial charge in [-0.3, -0.25) is 0 Å². The van der Waals surface area contributed by atoms with Crippen molar-refractivity contribution in [2.75, 3.05) is 6.61 Å². The maximum atomic E-state index is 13.3. The standard InChI is InChI=1S/C17H18FNO/c1-11(19)15-7-6-14(18)9-17(15)20-10-13-8-12-4-2-3-5-16(12)13/h2-7,9,11,13H,8,10,19H2,1H3/t11-,13?/m1/s1. The smallest absolute Gasteiger partial charge is 0.126 e. The van der Waals surface area contributed by atoms with Crippen LogP contribution in [-0.2, 0) is 6.42 Å². The van der Waals surface area contributed by atoms with Crippen LogP contribution in [0.15, 0.2) is 42.5 Å². The Balaban J connectivity index is 1.72. The Labute approximate surface area is 118 Å². The Kier molecular flexibility index (Phi) is 3.45. The second kappa shape index (κ2) is 5.25. The second-order valence-electron chi connectivity index (χ2n) is 5.38. The molecule has 0 fully saturated rings. The number of ether oxygens (including phenoxy) is 1. The average molecular weight is 271 g/mol. The van der Waals surface area contributed by atoms with Gasteiger partial charge < -0.3 is 10.5 Å². The molecule has 1 aliphatic rings. The van der Waals surface area contributed by atoms with Crippen molar-refractivity contribution >= 4 is 0 Å². The highest BCUT2D eigenvalue weighted by Crippen LogP contribution is 2.35. The van der Waals surface area contributed by atoms with E-state index in [1.165, 1.54) is 23.3 Å². The quantitative estimate of drug-likeness (QED) is 0.922. The first-order chi connectivity index (χ1) is 9.65. The molecule has 0 bridgehead atoms. The lowest BCUT2D eigenvalue weighted by Crippen LogP contribution is -2.23. The van der Waals surface area contributed by atoms with Crippen LogP contribution in [0.4, 0.5) is 4.39 Å². The maximum absolute atomic E-state index is 13.3. The van der Waals surface area contributed by atoms with E-state index in [9.17, 15) is 4.39 Å². The normalized spacial score (nSPS) is 18.1. The van der Waals surface area contributed by atoms with Gasteiger partial charge in [-0.2, -0.15) is 0 Å². The number of hydrogen-bond donors (Lipinski definition) is 1. The Hall–Kier alpha value is -1.87. The fourth-order valence-electron chi connectivity index (χ4n) is 2.71. The van der Waals surface area contributed by atoms with Crippen molar-refractivity contribution in [1.29, 1.82) is 0 Å². The molecule has 1 unspecified atom stereocenters. The SMILES string of the molecule is C[C@@H](N)c1ccc(F)cc1OCC1Cc2ccccc21. The number of hydrogen-bond acceptors (Lipinski definition) is 2. The summed E-state index contributed by atoms with van der Waals surface area (Å²) in [5.41, 5.74) is 9.46. The number of benzene rings is 2. The number of rotatable bonds is 4. The molecule has 0 aromatic heterocycles. The lowest BCUT2D eigenvalue weighted by Gasteiger charge is -2.30. The van der Waals surface area contributed by atoms with Gasteiger partial charge in [-0.25, -0.2) is 4.39 Å². The van der Waals surface area contributed by atoms with Crippen LogP contribution >= 0.6 is 0 Å². The highest BCUT2D eigenvalue weighted by Gasteiger charge is 2.26. The van der Waals surface area contributed by atoms with Crippen LogP contribution in [-0.4, -0.2) is 6.61 Å². The van der Waals surface area contributed by atoms with Gasteiger partial charge in [0.15, 0.2) is 0 Å². The Morgan fingerprint density at radius 2 is 2.10 bits per heavy atom. The topological polar surface area (TPSA) is 35.2 Å².